The minimum absolute atomic E-state index is 0.0438. The maximum atomic E-state index is 14.3. The third-order valence-corrected chi connectivity index (χ3v) is 8.94. The van der Waals surface area contributed by atoms with Gasteiger partial charge in [-0.15, -0.1) is 0 Å². The molecule has 7 nitrogen and oxygen atoms in total. The molecule has 0 aliphatic carbocycles. The number of benzene rings is 4. The smallest absolute Gasteiger partial charge is 0.258 e. The van der Waals surface area contributed by atoms with Crippen molar-refractivity contribution in [2.24, 2.45) is 0 Å². The Morgan fingerprint density at radius 2 is 1.28 bits per heavy atom. The normalized spacial score (nSPS) is 14.8. The zero-order valence-corrected chi connectivity index (χ0v) is 27.1. The number of carbonyl (C=O) groups is 2. The number of nitrogens with zero attached hydrogens (tertiary/aromatic N) is 3. The van der Waals surface area contributed by atoms with Crippen LogP contribution >= 0.6 is 0 Å². The number of ether oxygens (including phenoxy) is 2. The van der Waals surface area contributed by atoms with Crippen molar-refractivity contribution < 1.29 is 19.1 Å². The van der Waals surface area contributed by atoms with E-state index in [-0.39, 0.29) is 17.7 Å². The molecule has 238 valence electrons. The van der Waals surface area contributed by atoms with Crippen molar-refractivity contribution >= 4 is 11.8 Å². The molecular weight excluding hydrogens is 574 g/mol. The fourth-order valence-corrected chi connectivity index (χ4v) is 6.25. The average Bonchev–Trinajstić information content (AvgIpc) is 3.50. The number of rotatable bonds is 10. The summed E-state index contributed by atoms with van der Waals surface area (Å²) in [5.74, 6) is 1.51. The van der Waals surface area contributed by atoms with Gasteiger partial charge in [0.15, 0.2) is 0 Å². The maximum absolute atomic E-state index is 14.3. The second kappa shape index (κ2) is 14.2. The molecule has 0 atom stereocenters. The van der Waals surface area contributed by atoms with Crippen LogP contribution in [-0.2, 0) is 37.6 Å². The van der Waals surface area contributed by atoms with Gasteiger partial charge in [-0.1, -0.05) is 92.7 Å². The molecule has 0 bridgehead atoms. The van der Waals surface area contributed by atoms with Gasteiger partial charge in [-0.25, -0.2) is 0 Å². The molecule has 6 rings (SSSR count). The van der Waals surface area contributed by atoms with Crippen LogP contribution < -0.4 is 9.47 Å². The minimum atomic E-state index is -0.0438. The molecular formula is C39H43N3O4. The van der Waals surface area contributed by atoms with Gasteiger partial charge in [-0.3, -0.25) is 14.5 Å². The van der Waals surface area contributed by atoms with Crippen molar-refractivity contribution in [1.82, 2.24) is 14.7 Å². The monoisotopic (exact) mass is 617 g/mol. The van der Waals surface area contributed by atoms with E-state index in [4.69, 9.17) is 9.47 Å². The number of hydrogen-bond acceptors (Lipinski definition) is 5. The predicted octanol–water partition coefficient (Wildman–Crippen LogP) is 6.79. The van der Waals surface area contributed by atoms with Crippen LogP contribution in [0.4, 0.5) is 0 Å². The van der Waals surface area contributed by atoms with E-state index in [9.17, 15) is 9.59 Å². The third kappa shape index (κ3) is 7.43. The largest absolute Gasteiger partial charge is 0.488 e. The average molecular weight is 618 g/mol. The molecule has 1 saturated heterocycles. The van der Waals surface area contributed by atoms with Crippen LogP contribution in [0.1, 0.15) is 70.4 Å². The molecule has 46 heavy (non-hydrogen) atoms. The molecule has 2 aliphatic heterocycles. The molecule has 4 aromatic rings. The van der Waals surface area contributed by atoms with Crippen LogP contribution in [0.2, 0.25) is 0 Å². The molecule has 4 aromatic carbocycles. The molecule has 2 amide bonds. The van der Waals surface area contributed by atoms with Crippen molar-refractivity contribution in [2.75, 3.05) is 26.2 Å². The van der Waals surface area contributed by atoms with Crippen LogP contribution in [0.3, 0.4) is 0 Å². The number of carbonyl (C=O) groups excluding carboxylic acids is 2. The Bertz CT molecular complexity index is 1660. The van der Waals surface area contributed by atoms with Crippen molar-refractivity contribution in [3.8, 4) is 11.5 Å². The van der Waals surface area contributed by atoms with E-state index in [1.165, 1.54) is 16.7 Å². The first kappa shape index (κ1) is 31.4. The summed E-state index contributed by atoms with van der Waals surface area (Å²) >= 11 is 0. The Balaban J connectivity index is 1.21. The molecule has 2 heterocycles. The zero-order chi connectivity index (χ0) is 32.0. The quantitative estimate of drug-likeness (QED) is 0.196. The molecule has 2 aliphatic rings. The molecule has 0 saturated carbocycles. The molecule has 0 unspecified atom stereocenters. The Kier molecular flexibility index (Phi) is 9.69. The number of fused-ring (bicyclic) bond motifs is 1. The van der Waals surface area contributed by atoms with E-state index in [0.717, 1.165) is 55.2 Å². The van der Waals surface area contributed by atoms with E-state index >= 15 is 0 Å². The maximum Gasteiger partial charge on any atom is 0.258 e. The highest BCUT2D eigenvalue weighted by Crippen LogP contribution is 2.37. The lowest BCUT2D eigenvalue weighted by atomic mass is 9.98. The second-order valence-corrected chi connectivity index (χ2v) is 12.6. The number of piperazine rings is 1. The van der Waals surface area contributed by atoms with Crippen LogP contribution in [-0.4, -0.2) is 52.7 Å². The molecule has 0 N–H and O–H groups in total. The summed E-state index contributed by atoms with van der Waals surface area (Å²) in [6, 6.07) is 30.6. The Labute approximate surface area is 272 Å². The van der Waals surface area contributed by atoms with Gasteiger partial charge in [0.05, 0.1) is 5.56 Å². The van der Waals surface area contributed by atoms with E-state index < -0.39 is 0 Å². The van der Waals surface area contributed by atoms with Gasteiger partial charge in [-0.2, -0.15) is 0 Å². The van der Waals surface area contributed by atoms with E-state index in [1.807, 2.05) is 82.6 Å². The summed E-state index contributed by atoms with van der Waals surface area (Å²) in [6.45, 7) is 11.9. The Morgan fingerprint density at radius 3 is 1.89 bits per heavy atom. The van der Waals surface area contributed by atoms with Gasteiger partial charge >= 0.3 is 0 Å². The van der Waals surface area contributed by atoms with Crippen LogP contribution in [0.25, 0.3) is 0 Å². The molecule has 0 aromatic heterocycles. The van der Waals surface area contributed by atoms with Crippen LogP contribution in [0.5, 0.6) is 11.5 Å². The van der Waals surface area contributed by atoms with Crippen molar-refractivity contribution in [1.29, 1.82) is 0 Å². The summed E-state index contributed by atoms with van der Waals surface area (Å²) in [4.78, 5) is 32.2. The van der Waals surface area contributed by atoms with Gasteiger partial charge in [-0.05, 0) is 45.4 Å². The molecule has 0 radical (unpaired) electrons. The summed E-state index contributed by atoms with van der Waals surface area (Å²) in [6.07, 6.45) is 0. The first-order valence-corrected chi connectivity index (χ1v) is 16.2. The first-order chi connectivity index (χ1) is 22.3. The van der Waals surface area contributed by atoms with Gasteiger partial charge in [0, 0.05) is 58.8 Å². The lowest BCUT2D eigenvalue weighted by Crippen LogP contribution is -2.47. The van der Waals surface area contributed by atoms with E-state index in [0.29, 0.717) is 37.6 Å². The topological polar surface area (TPSA) is 62.3 Å². The SMILES string of the molecule is CC(=O)N1CCN(Cc2ccc3c(c2)CN(C(=O)c2cc(C(C)C)c(OCc4ccccc4)cc2OCc2ccccc2)C3)CC1. The third-order valence-electron chi connectivity index (χ3n) is 8.94. The highest BCUT2D eigenvalue weighted by Gasteiger charge is 2.29. The van der Waals surface area contributed by atoms with Gasteiger partial charge < -0.3 is 19.3 Å². The highest BCUT2D eigenvalue weighted by molar-refractivity contribution is 5.98. The fourth-order valence-electron chi connectivity index (χ4n) is 6.25. The Morgan fingerprint density at radius 1 is 0.674 bits per heavy atom. The standard InChI is InChI=1S/C39H43N3O4/c1-28(2)35-21-36(38(46-27-31-12-8-5-9-13-31)22-37(35)45-26-30-10-6-4-7-11-30)39(44)42-24-33-15-14-32(20-34(33)25-42)23-40-16-18-41(19-17-40)29(3)43/h4-15,20-22,28H,16-19,23-27H2,1-3H3. The second-order valence-electron chi connectivity index (χ2n) is 12.6. The number of hydrogen-bond donors (Lipinski definition) is 0. The summed E-state index contributed by atoms with van der Waals surface area (Å²) in [5, 5.41) is 0. The Hall–Kier alpha value is -4.62. The van der Waals surface area contributed by atoms with Gasteiger partial charge in [0.2, 0.25) is 5.91 Å². The van der Waals surface area contributed by atoms with Crippen molar-refractivity contribution in [3.63, 3.8) is 0 Å². The number of amides is 2. The minimum Gasteiger partial charge on any atom is -0.488 e. The molecule has 0 spiro atoms. The summed E-state index contributed by atoms with van der Waals surface area (Å²) in [5.41, 5.74) is 7.25. The van der Waals surface area contributed by atoms with E-state index in [2.05, 4.69) is 36.9 Å². The highest BCUT2D eigenvalue weighted by atomic mass is 16.5. The van der Waals surface area contributed by atoms with Crippen LogP contribution in [0, 0.1) is 0 Å². The van der Waals surface area contributed by atoms with Crippen molar-refractivity contribution in [3.05, 3.63) is 130 Å². The molecule has 1 fully saturated rings. The fraction of sp³-hybridized carbons (Fsp3) is 0.333. The van der Waals surface area contributed by atoms with E-state index in [1.54, 1.807) is 6.92 Å². The molecule has 7 heteroatoms. The van der Waals surface area contributed by atoms with Gasteiger partial charge in [0.1, 0.15) is 24.7 Å². The zero-order valence-electron chi connectivity index (χ0n) is 27.1. The summed E-state index contributed by atoms with van der Waals surface area (Å²) < 4.78 is 12.7. The van der Waals surface area contributed by atoms with Crippen LogP contribution in [0.15, 0.2) is 91.0 Å². The van der Waals surface area contributed by atoms with Gasteiger partial charge in [0.25, 0.3) is 5.91 Å². The first-order valence-electron chi connectivity index (χ1n) is 16.2. The summed E-state index contributed by atoms with van der Waals surface area (Å²) in [7, 11) is 0. The lowest BCUT2D eigenvalue weighted by Gasteiger charge is -2.34. The lowest BCUT2D eigenvalue weighted by molar-refractivity contribution is -0.130. The van der Waals surface area contributed by atoms with Crippen molar-refractivity contribution in [2.45, 2.75) is 59.5 Å². The predicted molar refractivity (Wildman–Crippen MR) is 180 cm³/mol.